The lowest BCUT2D eigenvalue weighted by Crippen LogP contribution is -2.31. The number of rotatable bonds is 2. The van der Waals surface area contributed by atoms with Gasteiger partial charge >= 0.3 is 0 Å². The van der Waals surface area contributed by atoms with E-state index in [0.29, 0.717) is 5.02 Å². The summed E-state index contributed by atoms with van der Waals surface area (Å²) in [6.07, 6.45) is 1.86. The molecule has 0 unspecified atom stereocenters. The summed E-state index contributed by atoms with van der Waals surface area (Å²) in [6, 6.07) is 3.76. The third kappa shape index (κ3) is 2.02. The van der Waals surface area contributed by atoms with E-state index in [2.05, 4.69) is 11.8 Å². The fraction of sp³-hybridized carbons (Fsp3) is 0.375. The molecule has 104 valence electrons. The van der Waals surface area contributed by atoms with E-state index in [1.54, 1.807) is 0 Å². The van der Waals surface area contributed by atoms with Crippen molar-refractivity contribution in [2.24, 2.45) is 0 Å². The average Bonchev–Trinajstić information content (AvgIpc) is 2.48. The fourth-order valence-corrected chi connectivity index (χ4v) is 3.06. The summed E-state index contributed by atoms with van der Waals surface area (Å²) in [4.78, 5) is 18.7. The first-order valence-corrected chi connectivity index (χ1v) is 7.31. The normalized spacial score (nSPS) is 15.3. The molecule has 1 aromatic carbocycles. The molecule has 1 aliphatic rings. The second-order valence-corrected chi connectivity index (χ2v) is 5.66. The van der Waals surface area contributed by atoms with Crippen LogP contribution >= 0.6 is 11.6 Å². The highest BCUT2D eigenvalue weighted by Crippen LogP contribution is 2.31. The Morgan fingerprint density at radius 1 is 1.45 bits per heavy atom. The van der Waals surface area contributed by atoms with Gasteiger partial charge in [0.1, 0.15) is 0 Å². The SMILES string of the molecule is CCN1CCc2nc3c(C)c(Cl)ccc3c(C=O)c2C1. The van der Waals surface area contributed by atoms with Crippen molar-refractivity contribution >= 4 is 28.8 Å². The van der Waals surface area contributed by atoms with Crippen LogP contribution in [0.15, 0.2) is 12.1 Å². The monoisotopic (exact) mass is 288 g/mol. The highest BCUT2D eigenvalue weighted by atomic mass is 35.5. The molecule has 0 spiro atoms. The van der Waals surface area contributed by atoms with Crippen molar-refractivity contribution in [2.75, 3.05) is 13.1 Å². The van der Waals surface area contributed by atoms with E-state index in [4.69, 9.17) is 16.6 Å². The van der Waals surface area contributed by atoms with E-state index >= 15 is 0 Å². The van der Waals surface area contributed by atoms with Gasteiger partial charge in [-0.3, -0.25) is 14.7 Å². The molecule has 0 atom stereocenters. The number of hydrogen-bond acceptors (Lipinski definition) is 3. The van der Waals surface area contributed by atoms with Crippen LogP contribution in [0, 0.1) is 6.92 Å². The molecular formula is C16H17ClN2O. The Morgan fingerprint density at radius 2 is 2.25 bits per heavy atom. The number of hydrogen-bond donors (Lipinski definition) is 0. The third-order valence-electron chi connectivity index (χ3n) is 4.19. The molecule has 0 radical (unpaired) electrons. The molecule has 0 saturated heterocycles. The van der Waals surface area contributed by atoms with Gasteiger partial charge in [0.15, 0.2) is 6.29 Å². The van der Waals surface area contributed by atoms with Crippen molar-refractivity contribution in [1.29, 1.82) is 0 Å². The quantitative estimate of drug-likeness (QED) is 0.794. The lowest BCUT2D eigenvalue weighted by atomic mass is 9.95. The summed E-state index contributed by atoms with van der Waals surface area (Å²) in [5, 5.41) is 1.62. The van der Waals surface area contributed by atoms with E-state index in [0.717, 1.165) is 65.6 Å². The predicted molar refractivity (Wildman–Crippen MR) is 81.5 cm³/mol. The summed E-state index contributed by atoms with van der Waals surface area (Å²) < 4.78 is 0. The smallest absolute Gasteiger partial charge is 0.151 e. The molecule has 0 fully saturated rings. The number of fused-ring (bicyclic) bond motifs is 2. The van der Waals surface area contributed by atoms with E-state index in [1.807, 2.05) is 19.1 Å². The summed E-state index contributed by atoms with van der Waals surface area (Å²) in [5.41, 5.74) is 4.73. The minimum Gasteiger partial charge on any atom is -0.299 e. The molecule has 0 bridgehead atoms. The largest absolute Gasteiger partial charge is 0.299 e. The van der Waals surface area contributed by atoms with Gasteiger partial charge in [-0.2, -0.15) is 0 Å². The Bertz CT molecular complexity index is 697. The van der Waals surface area contributed by atoms with Crippen molar-refractivity contribution in [3.63, 3.8) is 0 Å². The number of carbonyl (C=O) groups excluding carboxylic acids is 1. The molecule has 3 nitrogen and oxygen atoms in total. The second-order valence-electron chi connectivity index (χ2n) is 5.26. The maximum absolute atomic E-state index is 11.6. The zero-order valence-electron chi connectivity index (χ0n) is 11.7. The van der Waals surface area contributed by atoms with Crippen molar-refractivity contribution < 1.29 is 4.79 Å². The first-order valence-electron chi connectivity index (χ1n) is 6.93. The molecule has 20 heavy (non-hydrogen) atoms. The van der Waals surface area contributed by atoms with E-state index in [1.165, 1.54) is 0 Å². The van der Waals surface area contributed by atoms with Crippen LogP contribution in [0.2, 0.25) is 5.02 Å². The number of aldehydes is 1. The lowest BCUT2D eigenvalue weighted by Gasteiger charge is -2.28. The Balaban J connectivity index is 2.30. The number of nitrogens with zero attached hydrogens (tertiary/aromatic N) is 2. The zero-order chi connectivity index (χ0) is 14.3. The first kappa shape index (κ1) is 13.5. The second kappa shape index (κ2) is 5.15. The topological polar surface area (TPSA) is 33.2 Å². The number of halogens is 1. The van der Waals surface area contributed by atoms with Gasteiger partial charge < -0.3 is 0 Å². The summed E-state index contributed by atoms with van der Waals surface area (Å²) >= 11 is 6.18. The number of likely N-dealkylation sites (N-methyl/N-ethyl adjacent to an activating group) is 1. The number of benzene rings is 1. The number of carbonyl (C=O) groups is 1. The van der Waals surface area contributed by atoms with Gasteiger partial charge in [-0.1, -0.05) is 24.6 Å². The molecule has 0 amide bonds. The molecular weight excluding hydrogens is 272 g/mol. The van der Waals surface area contributed by atoms with Gasteiger partial charge in [0, 0.05) is 41.2 Å². The first-order chi connectivity index (χ1) is 9.65. The van der Waals surface area contributed by atoms with Gasteiger partial charge in [-0.05, 0) is 30.7 Å². The lowest BCUT2D eigenvalue weighted by molar-refractivity contribution is 0.112. The average molecular weight is 289 g/mol. The molecule has 0 N–H and O–H groups in total. The molecule has 0 saturated carbocycles. The van der Waals surface area contributed by atoms with Crippen molar-refractivity contribution in [3.05, 3.63) is 39.5 Å². The van der Waals surface area contributed by atoms with E-state index in [-0.39, 0.29) is 0 Å². The van der Waals surface area contributed by atoms with Crippen molar-refractivity contribution in [3.8, 4) is 0 Å². The van der Waals surface area contributed by atoms with Gasteiger partial charge in [-0.15, -0.1) is 0 Å². The van der Waals surface area contributed by atoms with Crippen LogP contribution in [0.4, 0.5) is 0 Å². The van der Waals surface area contributed by atoms with Crippen LogP contribution in [0.3, 0.4) is 0 Å². The Kier molecular flexibility index (Phi) is 3.48. The Morgan fingerprint density at radius 3 is 2.95 bits per heavy atom. The van der Waals surface area contributed by atoms with Crippen molar-refractivity contribution in [1.82, 2.24) is 9.88 Å². The van der Waals surface area contributed by atoms with Gasteiger partial charge in [0.05, 0.1) is 5.52 Å². The Hall–Kier alpha value is -1.45. The van der Waals surface area contributed by atoms with Gasteiger partial charge in [0.25, 0.3) is 0 Å². The Labute approximate surface area is 123 Å². The minimum atomic E-state index is 0.702. The standard InChI is InChI=1S/C16H17ClN2O/c1-3-19-7-6-15-12(8-19)13(9-20)11-4-5-14(17)10(2)16(11)18-15/h4-5,9H,3,6-8H2,1-2H3. The van der Waals surface area contributed by atoms with Gasteiger partial charge in [-0.25, -0.2) is 0 Å². The molecule has 2 heterocycles. The molecule has 2 aromatic rings. The van der Waals surface area contributed by atoms with Crippen molar-refractivity contribution in [2.45, 2.75) is 26.8 Å². The predicted octanol–water partition coefficient (Wildman–Crippen LogP) is 3.39. The summed E-state index contributed by atoms with van der Waals surface area (Å²) in [6.45, 7) is 6.91. The van der Waals surface area contributed by atoms with Crippen LogP contribution in [-0.2, 0) is 13.0 Å². The van der Waals surface area contributed by atoms with Gasteiger partial charge in [0.2, 0.25) is 0 Å². The van der Waals surface area contributed by atoms with E-state index in [9.17, 15) is 4.79 Å². The maximum Gasteiger partial charge on any atom is 0.151 e. The minimum absolute atomic E-state index is 0.702. The highest BCUT2D eigenvalue weighted by Gasteiger charge is 2.22. The third-order valence-corrected chi connectivity index (χ3v) is 4.60. The number of aromatic nitrogens is 1. The molecule has 3 rings (SSSR count). The molecule has 1 aromatic heterocycles. The zero-order valence-corrected chi connectivity index (χ0v) is 12.5. The van der Waals surface area contributed by atoms with Crippen LogP contribution in [0.25, 0.3) is 10.9 Å². The van der Waals surface area contributed by atoms with E-state index < -0.39 is 0 Å². The number of aryl methyl sites for hydroxylation is 1. The van der Waals surface area contributed by atoms with Crippen LogP contribution in [0.1, 0.15) is 34.1 Å². The highest BCUT2D eigenvalue weighted by molar-refractivity contribution is 6.32. The van der Waals surface area contributed by atoms with Crippen LogP contribution in [-0.4, -0.2) is 29.3 Å². The molecule has 1 aliphatic heterocycles. The molecule has 4 heteroatoms. The van der Waals surface area contributed by atoms with Crippen LogP contribution < -0.4 is 0 Å². The number of pyridine rings is 1. The van der Waals surface area contributed by atoms with Crippen LogP contribution in [0.5, 0.6) is 0 Å². The maximum atomic E-state index is 11.6. The summed E-state index contributed by atoms with van der Waals surface area (Å²) in [7, 11) is 0. The molecule has 0 aliphatic carbocycles. The fourth-order valence-electron chi connectivity index (χ4n) is 2.91. The summed E-state index contributed by atoms with van der Waals surface area (Å²) in [5.74, 6) is 0.